The van der Waals surface area contributed by atoms with Crippen molar-refractivity contribution in [3.8, 4) is 10.6 Å². The molecule has 0 aliphatic rings. The standard InChI is InChI=1S/C14H13F2NO2S/c1-14(2,3)11-10(13(18)19)20-12(17-11)8-5-4-7(15)6-9(8)16/h4-6H,1-3H3,(H,18,19). The fraction of sp³-hybridized carbons (Fsp3) is 0.286. The number of hydrogen-bond acceptors (Lipinski definition) is 3. The third kappa shape index (κ3) is 2.70. The van der Waals surface area contributed by atoms with E-state index in [2.05, 4.69) is 4.98 Å². The number of aromatic carboxylic acids is 1. The van der Waals surface area contributed by atoms with Crippen molar-refractivity contribution in [2.45, 2.75) is 26.2 Å². The van der Waals surface area contributed by atoms with Gasteiger partial charge in [0.15, 0.2) is 0 Å². The molecule has 0 amide bonds. The van der Waals surface area contributed by atoms with Crippen LogP contribution in [0.4, 0.5) is 8.78 Å². The number of thiazole rings is 1. The van der Waals surface area contributed by atoms with Crippen LogP contribution in [0.15, 0.2) is 18.2 Å². The van der Waals surface area contributed by atoms with E-state index >= 15 is 0 Å². The van der Waals surface area contributed by atoms with E-state index in [-0.39, 0.29) is 15.4 Å². The van der Waals surface area contributed by atoms with Crippen molar-refractivity contribution in [1.82, 2.24) is 4.98 Å². The van der Waals surface area contributed by atoms with Crippen molar-refractivity contribution in [3.63, 3.8) is 0 Å². The molecule has 2 aromatic rings. The average Bonchev–Trinajstić information content (AvgIpc) is 2.73. The predicted molar refractivity (Wildman–Crippen MR) is 73.1 cm³/mol. The normalized spacial score (nSPS) is 11.7. The van der Waals surface area contributed by atoms with Crippen LogP contribution in [0.2, 0.25) is 0 Å². The summed E-state index contributed by atoms with van der Waals surface area (Å²) < 4.78 is 26.7. The van der Waals surface area contributed by atoms with Crippen LogP contribution in [0.5, 0.6) is 0 Å². The summed E-state index contributed by atoms with van der Waals surface area (Å²) in [4.78, 5) is 15.6. The fourth-order valence-electron chi connectivity index (χ4n) is 1.75. The molecule has 0 saturated heterocycles. The molecule has 0 atom stereocenters. The van der Waals surface area contributed by atoms with E-state index in [1.807, 2.05) is 20.8 Å². The molecule has 0 radical (unpaired) electrons. The van der Waals surface area contributed by atoms with Crippen molar-refractivity contribution >= 4 is 17.3 Å². The minimum Gasteiger partial charge on any atom is -0.477 e. The minimum atomic E-state index is -1.10. The smallest absolute Gasteiger partial charge is 0.347 e. The van der Waals surface area contributed by atoms with Crippen molar-refractivity contribution in [2.24, 2.45) is 0 Å². The SMILES string of the molecule is CC(C)(C)c1nc(-c2ccc(F)cc2F)sc1C(=O)O. The Balaban J connectivity index is 2.62. The van der Waals surface area contributed by atoms with Crippen LogP contribution >= 0.6 is 11.3 Å². The van der Waals surface area contributed by atoms with Crippen LogP contribution < -0.4 is 0 Å². The highest BCUT2D eigenvalue weighted by Crippen LogP contribution is 2.35. The summed E-state index contributed by atoms with van der Waals surface area (Å²) >= 11 is 0.894. The third-order valence-corrected chi connectivity index (χ3v) is 3.77. The quantitative estimate of drug-likeness (QED) is 0.908. The Labute approximate surface area is 118 Å². The highest BCUT2D eigenvalue weighted by molar-refractivity contribution is 7.17. The van der Waals surface area contributed by atoms with E-state index in [1.165, 1.54) is 6.07 Å². The number of halogens is 2. The van der Waals surface area contributed by atoms with Gasteiger partial charge in [-0.05, 0) is 12.1 Å². The first-order valence-corrected chi connectivity index (χ1v) is 6.72. The number of benzene rings is 1. The molecule has 1 N–H and O–H groups in total. The summed E-state index contributed by atoms with van der Waals surface area (Å²) in [6.45, 7) is 5.50. The van der Waals surface area contributed by atoms with Gasteiger partial charge in [-0.1, -0.05) is 20.8 Å². The minimum absolute atomic E-state index is 0.0798. The molecule has 0 spiro atoms. The van der Waals surface area contributed by atoms with Gasteiger partial charge in [-0.25, -0.2) is 18.6 Å². The Kier molecular flexibility index (Phi) is 3.60. The van der Waals surface area contributed by atoms with E-state index in [0.717, 1.165) is 23.5 Å². The Bertz CT molecular complexity index is 674. The molecular formula is C14H13F2NO2S. The van der Waals surface area contributed by atoms with Crippen LogP contribution in [0.3, 0.4) is 0 Å². The van der Waals surface area contributed by atoms with Crippen molar-refractivity contribution < 1.29 is 18.7 Å². The van der Waals surface area contributed by atoms with Gasteiger partial charge >= 0.3 is 5.97 Å². The van der Waals surface area contributed by atoms with Gasteiger partial charge in [0.25, 0.3) is 0 Å². The molecule has 3 nitrogen and oxygen atoms in total. The first-order chi connectivity index (χ1) is 9.20. The van der Waals surface area contributed by atoms with Gasteiger partial charge in [0, 0.05) is 17.0 Å². The number of hydrogen-bond donors (Lipinski definition) is 1. The second-order valence-electron chi connectivity index (χ2n) is 5.38. The molecule has 0 aliphatic carbocycles. The van der Waals surface area contributed by atoms with Crippen molar-refractivity contribution in [3.05, 3.63) is 40.4 Å². The second kappa shape index (κ2) is 4.94. The van der Waals surface area contributed by atoms with Crippen LogP contribution in [0.1, 0.15) is 36.1 Å². The van der Waals surface area contributed by atoms with Gasteiger partial charge < -0.3 is 5.11 Å². The lowest BCUT2D eigenvalue weighted by atomic mass is 9.91. The van der Waals surface area contributed by atoms with Gasteiger partial charge in [0.05, 0.1) is 5.69 Å². The molecular weight excluding hydrogens is 284 g/mol. The Morgan fingerprint density at radius 3 is 2.40 bits per heavy atom. The lowest BCUT2D eigenvalue weighted by molar-refractivity contribution is 0.0699. The molecule has 6 heteroatoms. The number of carbonyl (C=O) groups is 1. The van der Waals surface area contributed by atoms with Gasteiger partial charge in [0.2, 0.25) is 0 Å². The zero-order valence-corrected chi connectivity index (χ0v) is 12.0. The van der Waals surface area contributed by atoms with Gasteiger partial charge in [-0.3, -0.25) is 0 Å². The molecule has 0 fully saturated rings. The summed E-state index contributed by atoms with van der Waals surface area (Å²) in [5, 5.41) is 9.46. The largest absolute Gasteiger partial charge is 0.477 e. The monoisotopic (exact) mass is 297 g/mol. The number of carboxylic acids is 1. The molecule has 106 valence electrons. The molecule has 1 aromatic carbocycles. The summed E-state index contributed by atoms with van der Waals surface area (Å²) in [5.41, 5.74) is 0.0297. The second-order valence-corrected chi connectivity index (χ2v) is 6.38. The van der Waals surface area contributed by atoms with E-state index in [1.54, 1.807) is 0 Å². The average molecular weight is 297 g/mol. The maximum absolute atomic E-state index is 13.8. The lowest BCUT2D eigenvalue weighted by Crippen LogP contribution is -2.16. The number of nitrogens with zero attached hydrogens (tertiary/aromatic N) is 1. The highest BCUT2D eigenvalue weighted by Gasteiger charge is 2.28. The van der Waals surface area contributed by atoms with E-state index in [9.17, 15) is 18.7 Å². The van der Waals surface area contributed by atoms with Crippen LogP contribution in [0, 0.1) is 11.6 Å². The van der Waals surface area contributed by atoms with Crippen molar-refractivity contribution in [2.75, 3.05) is 0 Å². The Morgan fingerprint density at radius 2 is 1.95 bits per heavy atom. The summed E-state index contributed by atoms with van der Waals surface area (Å²) in [7, 11) is 0. The van der Waals surface area contributed by atoms with E-state index in [4.69, 9.17) is 0 Å². The first kappa shape index (κ1) is 14.6. The fourth-order valence-corrected chi connectivity index (χ4v) is 2.89. The lowest BCUT2D eigenvalue weighted by Gasteiger charge is -2.16. The maximum atomic E-state index is 13.8. The highest BCUT2D eigenvalue weighted by atomic mass is 32.1. The maximum Gasteiger partial charge on any atom is 0.347 e. The number of rotatable bonds is 2. The number of carboxylic acid groups (broad SMARTS) is 1. The molecule has 0 saturated carbocycles. The third-order valence-electron chi connectivity index (χ3n) is 2.69. The van der Waals surface area contributed by atoms with Crippen molar-refractivity contribution in [1.29, 1.82) is 0 Å². The summed E-state index contributed by atoms with van der Waals surface area (Å²) in [6, 6.07) is 3.15. The van der Waals surface area contributed by atoms with Gasteiger partial charge in [0.1, 0.15) is 21.5 Å². The zero-order chi connectivity index (χ0) is 15.1. The molecule has 1 aromatic heterocycles. The molecule has 0 aliphatic heterocycles. The molecule has 2 rings (SSSR count). The van der Waals surface area contributed by atoms with E-state index in [0.29, 0.717) is 5.69 Å². The number of aromatic nitrogens is 1. The van der Waals surface area contributed by atoms with Crippen LogP contribution in [-0.4, -0.2) is 16.1 Å². The molecule has 20 heavy (non-hydrogen) atoms. The summed E-state index contributed by atoms with van der Waals surface area (Å²) in [6.07, 6.45) is 0. The van der Waals surface area contributed by atoms with E-state index < -0.39 is 23.0 Å². The molecule has 0 bridgehead atoms. The summed E-state index contributed by atoms with van der Waals surface area (Å²) in [5.74, 6) is -2.53. The first-order valence-electron chi connectivity index (χ1n) is 5.90. The van der Waals surface area contributed by atoms with Gasteiger partial charge in [-0.15, -0.1) is 11.3 Å². The topological polar surface area (TPSA) is 50.2 Å². The molecule has 0 unspecified atom stereocenters. The Hall–Kier alpha value is -1.82. The predicted octanol–water partition coefficient (Wildman–Crippen LogP) is 4.08. The zero-order valence-electron chi connectivity index (χ0n) is 11.2. The Morgan fingerprint density at radius 1 is 1.30 bits per heavy atom. The van der Waals surface area contributed by atoms with Crippen LogP contribution in [0.25, 0.3) is 10.6 Å². The van der Waals surface area contributed by atoms with Crippen LogP contribution in [-0.2, 0) is 5.41 Å². The molecule has 1 heterocycles. The van der Waals surface area contributed by atoms with Gasteiger partial charge in [-0.2, -0.15) is 0 Å².